The van der Waals surface area contributed by atoms with Crippen molar-refractivity contribution in [3.05, 3.63) is 28.8 Å². The molecule has 2 atom stereocenters. The highest BCUT2D eigenvalue weighted by molar-refractivity contribution is 6.31. The topological polar surface area (TPSA) is 41.1 Å². The Morgan fingerprint density at radius 3 is 2.67 bits per heavy atom. The second kappa shape index (κ2) is 6.27. The SMILES string of the molecule is CNc1ccc(Cl)cc1C(=O)N[C@@H]1C[C@H](C)CC(C)(C)C1. The molecule has 0 saturated heterocycles. The molecular formula is C17H25ClN2O. The number of benzene rings is 1. The summed E-state index contributed by atoms with van der Waals surface area (Å²) in [5.41, 5.74) is 1.71. The number of halogens is 1. The molecule has 0 unspecified atom stereocenters. The zero-order valence-corrected chi connectivity index (χ0v) is 14.1. The first-order chi connectivity index (χ1) is 9.80. The average Bonchev–Trinajstić information content (AvgIpc) is 2.36. The summed E-state index contributed by atoms with van der Waals surface area (Å²) in [6.45, 7) is 6.82. The molecule has 0 spiro atoms. The highest BCUT2D eigenvalue weighted by Gasteiger charge is 2.33. The lowest BCUT2D eigenvalue weighted by Gasteiger charge is -2.39. The van der Waals surface area contributed by atoms with Gasteiger partial charge < -0.3 is 10.6 Å². The Kier molecular flexibility index (Phi) is 4.82. The quantitative estimate of drug-likeness (QED) is 0.873. The van der Waals surface area contributed by atoms with Gasteiger partial charge in [-0.1, -0.05) is 32.4 Å². The second-order valence-corrected chi connectivity index (χ2v) is 7.46. The van der Waals surface area contributed by atoms with Gasteiger partial charge in [0.2, 0.25) is 0 Å². The summed E-state index contributed by atoms with van der Waals surface area (Å²) in [4.78, 5) is 12.6. The van der Waals surface area contributed by atoms with Crippen molar-refractivity contribution < 1.29 is 4.79 Å². The van der Waals surface area contributed by atoms with Gasteiger partial charge in [-0.25, -0.2) is 0 Å². The summed E-state index contributed by atoms with van der Waals surface area (Å²) in [6, 6.07) is 5.58. The minimum atomic E-state index is -0.0447. The van der Waals surface area contributed by atoms with Gasteiger partial charge in [-0.05, 0) is 48.8 Å². The number of rotatable bonds is 3. The number of amides is 1. The second-order valence-electron chi connectivity index (χ2n) is 7.02. The average molecular weight is 309 g/mol. The molecule has 1 aromatic rings. The van der Waals surface area contributed by atoms with Gasteiger partial charge in [0.25, 0.3) is 5.91 Å². The summed E-state index contributed by atoms with van der Waals surface area (Å²) in [5, 5.41) is 6.81. The van der Waals surface area contributed by atoms with Crippen molar-refractivity contribution in [3.8, 4) is 0 Å². The van der Waals surface area contributed by atoms with Gasteiger partial charge in [-0.15, -0.1) is 0 Å². The Labute approximate surface area is 132 Å². The van der Waals surface area contributed by atoms with E-state index in [1.807, 2.05) is 13.1 Å². The van der Waals surface area contributed by atoms with Crippen LogP contribution in [0.4, 0.5) is 5.69 Å². The van der Waals surface area contributed by atoms with Crippen LogP contribution in [0, 0.1) is 11.3 Å². The summed E-state index contributed by atoms with van der Waals surface area (Å²) in [5.74, 6) is 0.596. The molecule has 3 nitrogen and oxygen atoms in total. The molecule has 1 aromatic carbocycles. The fourth-order valence-electron chi connectivity index (χ4n) is 3.64. The molecule has 0 aliphatic heterocycles. The summed E-state index contributed by atoms with van der Waals surface area (Å²) >= 11 is 6.02. The van der Waals surface area contributed by atoms with Gasteiger partial charge in [-0.2, -0.15) is 0 Å². The normalized spacial score (nSPS) is 24.4. The Hall–Kier alpha value is -1.22. The van der Waals surface area contributed by atoms with Crippen LogP contribution in [0.1, 0.15) is 50.4 Å². The van der Waals surface area contributed by atoms with Crippen molar-refractivity contribution >= 4 is 23.2 Å². The van der Waals surface area contributed by atoms with Crippen molar-refractivity contribution in [2.24, 2.45) is 11.3 Å². The van der Waals surface area contributed by atoms with Crippen LogP contribution < -0.4 is 10.6 Å². The molecule has 1 amide bonds. The highest BCUT2D eigenvalue weighted by atomic mass is 35.5. The minimum Gasteiger partial charge on any atom is -0.387 e. The lowest BCUT2D eigenvalue weighted by molar-refractivity contribution is 0.0875. The molecule has 21 heavy (non-hydrogen) atoms. The van der Waals surface area contributed by atoms with Gasteiger partial charge in [0.15, 0.2) is 0 Å². The van der Waals surface area contributed by atoms with Gasteiger partial charge >= 0.3 is 0 Å². The third-order valence-electron chi connectivity index (χ3n) is 4.22. The molecule has 1 fully saturated rings. The largest absolute Gasteiger partial charge is 0.387 e. The van der Waals surface area contributed by atoms with Crippen LogP contribution in [0.3, 0.4) is 0 Å². The zero-order valence-electron chi connectivity index (χ0n) is 13.3. The fraction of sp³-hybridized carbons (Fsp3) is 0.588. The van der Waals surface area contributed by atoms with Crippen LogP contribution in [-0.2, 0) is 0 Å². The molecule has 0 radical (unpaired) electrons. The predicted molar refractivity (Wildman–Crippen MR) is 89.0 cm³/mol. The molecule has 1 aliphatic carbocycles. The van der Waals surface area contributed by atoms with E-state index in [1.165, 1.54) is 6.42 Å². The first-order valence-corrected chi connectivity index (χ1v) is 7.97. The van der Waals surface area contributed by atoms with Crippen LogP contribution in [0.2, 0.25) is 5.02 Å². The lowest BCUT2D eigenvalue weighted by Crippen LogP contribution is -2.43. The number of anilines is 1. The predicted octanol–water partition coefficient (Wildman–Crippen LogP) is 4.33. The molecule has 0 heterocycles. The summed E-state index contributed by atoms with van der Waals surface area (Å²) < 4.78 is 0. The van der Waals surface area contributed by atoms with Crippen LogP contribution in [-0.4, -0.2) is 19.0 Å². The smallest absolute Gasteiger partial charge is 0.253 e. The van der Waals surface area contributed by atoms with Gasteiger partial charge in [-0.3, -0.25) is 4.79 Å². The van der Waals surface area contributed by atoms with Gasteiger partial charge in [0, 0.05) is 23.8 Å². The number of hydrogen-bond donors (Lipinski definition) is 2. The van der Waals surface area contributed by atoms with E-state index in [9.17, 15) is 4.79 Å². The molecule has 0 aromatic heterocycles. The maximum Gasteiger partial charge on any atom is 0.253 e. The Morgan fingerprint density at radius 1 is 1.33 bits per heavy atom. The van der Waals surface area contributed by atoms with E-state index >= 15 is 0 Å². The summed E-state index contributed by atoms with van der Waals surface area (Å²) in [7, 11) is 1.81. The molecule has 2 rings (SSSR count). The standard InChI is InChI=1S/C17H25ClN2O/c1-11-7-13(10-17(2,3)9-11)20-16(21)14-8-12(18)5-6-15(14)19-4/h5-6,8,11,13,19H,7,9-10H2,1-4H3,(H,20,21)/t11-,13+/m0/s1. The maximum absolute atomic E-state index is 12.6. The first kappa shape index (κ1) is 16.2. The fourth-order valence-corrected chi connectivity index (χ4v) is 3.81. The first-order valence-electron chi connectivity index (χ1n) is 7.59. The maximum atomic E-state index is 12.6. The van der Waals surface area contributed by atoms with Crippen LogP contribution in [0.25, 0.3) is 0 Å². The highest BCUT2D eigenvalue weighted by Crippen LogP contribution is 2.38. The molecule has 2 N–H and O–H groups in total. The van der Waals surface area contributed by atoms with Crippen molar-refractivity contribution in [2.45, 2.75) is 46.1 Å². The van der Waals surface area contributed by atoms with Gasteiger partial charge in [0.1, 0.15) is 0 Å². The van der Waals surface area contributed by atoms with E-state index in [-0.39, 0.29) is 17.4 Å². The van der Waals surface area contributed by atoms with E-state index in [0.29, 0.717) is 16.5 Å². The van der Waals surface area contributed by atoms with Crippen molar-refractivity contribution in [2.75, 3.05) is 12.4 Å². The van der Waals surface area contributed by atoms with Crippen molar-refractivity contribution in [1.29, 1.82) is 0 Å². The van der Waals surface area contributed by atoms with E-state index < -0.39 is 0 Å². The number of hydrogen-bond acceptors (Lipinski definition) is 2. The number of carbonyl (C=O) groups is 1. The number of carbonyl (C=O) groups excluding carboxylic acids is 1. The van der Waals surface area contributed by atoms with Crippen LogP contribution in [0.5, 0.6) is 0 Å². The lowest BCUT2D eigenvalue weighted by atomic mass is 9.70. The third kappa shape index (κ3) is 4.13. The minimum absolute atomic E-state index is 0.0447. The Balaban J connectivity index is 2.13. The Morgan fingerprint density at radius 2 is 2.05 bits per heavy atom. The van der Waals surface area contributed by atoms with E-state index in [4.69, 9.17) is 11.6 Å². The third-order valence-corrected chi connectivity index (χ3v) is 4.45. The van der Waals surface area contributed by atoms with Crippen LogP contribution >= 0.6 is 11.6 Å². The van der Waals surface area contributed by atoms with Crippen molar-refractivity contribution in [3.63, 3.8) is 0 Å². The molecule has 1 aliphatic rings. The zero-order chi connectivity index (χ0) is 15.6. The molecule has 0 bridgehead atoms. The van der Waals surface area contributed by atoms with E-state index in [1.54, 1.807) is 12.1 Å². The molecular weight excluding hydrogens is 284 g/mol. The molecule has 1 saturated carbocycles. The van der Waals surface area contributed by atoms with Crippen LogP contribution in [0.15, 0.2) is 18.2 Å². The van der Waals surface area contributed by atoms with Gasteiger partial charge in [0.05, 0.1) is 5.56 Å². The van der Waals surface area contributed by atoms with E-state index in [0.717, 1.165) is 18.5 Å². The monoisotopic (exact) mass is 308 g/mol. The molecule has 4 heteroatoms. The van der Waals surface area contributed by atoms with Crippen molar-refractivity contribution in [1.82, 2.24) is 5.32 Å². The summed E-state index contributed by atoms with van der Waals surface area (Å²) in [6.07, 6.45) is 3.29. The molecule has 116 valence electrons. The van der Waals surface area contributed by atoms with E-state index in [2.05, 4.69) is 31.4 Å². The Bertz CT molecular complexity index is 528. The number of nitrogens with one attached hydrogen (secondary N) is 2.